The van der Waals surface area contributed by atoms with Gasteiger partial charge >= 0.3 is 24.5 Å². The van der Waals surface area contributed by atoms with E-state index < -0.39 is 66.9 Å². The van der Waals surface area contributed by atoms with Gasteiger partial charge in [-0.15, -0.1) is 0 Å². The summed E-state index contributed by atoms with van der Waals surface area (Å²) < 4.78 is 100.0. The normalized spacial score (nSPS) is 17.1. The Kier molecular flexibility index (Phi) is 9.54. The summed E-state index contributed by atoms with van der Waals surface area (Å²) in [6, 6.07) is 3.20. The summed E-state index contributed by atoms with van der Waals surface area (Å²) in [6.45, 7) is 4.66. The molecule has 0 unspecified atom stereocenters. The van der Waals surface area contributed by atoms with Crippen LogP contribution in [0.1, 0.15) is 55.5 Å². The zero-order valence-corrected chi connectivity index (χ0v) is 22.9. The molecule has 1 heterocycles. The van der Waals surface area contributed by atoms with E-state index in [4.69, 9.17) is 18.9 Å². The topological polar surface area (TPSA) is 86.3 Å². The molecule has 14 heteroatoms. The molecule has 0 bridgehead atoms. The highest BCUT2D eigenvalue weighted by atomic mass is 19.4. The third-order valence-corrected chi connectivity index (χ3v) is 6.28. The van der Waals surface area contributed by atoms with E-state index >= 15 is 0 Å². The van der Waals surface area contributed by atoms with Gasteiger partial charge in [-0.2, -0.15) is 26.3 Å². The Bertz CT molecular complexity index is 1230. The molecule has 2 atom stereocenters. The van der Waals surface area contributed by atoms with Gasteiger partial charge in [0.05, 0.1) is 49.8 Å². The van der Waals surface area contributed by atoms with Gasteiger partial charge in [-0.3, -0.25) is 4.90 Å². The van der Waals surface area contributed by atoms with Crippen LogP contribution in [0.25, 0.3) is 0 Å². The molecule has 0 radical (unpaired) electrons. The Labute approximate surface area is 232 Å². The summed E-state index contributed by atoms with van der Waals surface area (Å²) in [4.78, 5) is 27.0. The zero-order chi connectivity index (χ0) is 30.7. The van der Waals surface area contributed by atoms with Crippen LogP contribution in [0.4, 0.5) is 41.6 Å². The minimum atomic E-state index is -4.99. The molecule has 0 aliphatic carbocycles. The van der Waals surface area contributed by atoms with Gasteiger partial charge in [-0.1, -0.05) is 0 Å². The summed E-state index contributed by atoms with van der Waals surface area (Å²) in [5.41, 5.74) is -2.34. The number of rotatable bonds is 7. The van der Waals surface area contributed by atoms with Crippen molar-refractivity contribution < 1.29 is 54.9 Å². The average molecular weight is 593 g/mol. The maximum atomic E-state index is 13.1. The molecule has 2 aromatic carbocycles. The number of nitrogens with zero attached hydrogens (tertiary/aromatic N) is 1. The Morgan fingerprint density at radius 3 is 2.02 bits per heavy atom. The third kappa shape index (κ3) is 7.67. The molecule has 1 N–H and O–H groups in total. The maximum absolute atomic E-state index is 13.1. The Morgan fingerprint density at radius 2 is 1.51 bits per heavy atom. The molecule has 0 aromatic heterocycles. The lowest BCUT2D eigenvalue weighted by atomic mass is 9.91. The van der Waals surface area contributed by atoms with Gasteiger partial charge in [-0.25, -0.2) is 9.59 Å². The molecule has 0 spiro atoms. The molecule has 0 saturated carbocycles. The van der Waals surface area contributed by atoms with Crippen molar-refractivity contribution in [1.82, 2.24) is 5.32 Å². The molecule has 1 aliphatic heterocycles. The fourth-order valence-corrected chi connectivity index (χ4v) is 4.47. The third-order valence-electron chi connectivity index (χ3n) is 6.28. The van der Waals surface area contributed by atoms with E-state index in [0.29, 0.717) is 34.9 Å². The first kappa shape index (κ1) is 31.7. The van der Waals surface area contributed by atoms with E-state index in [1.807, 2.05) is 0 Å². The highest BCUT2D eigenvalue weighted by Gasteiger charge is 2.38. The fraction of sp³-hybridized carbons (Fsp3) is 0.481. The Balaban J connectivity index is 1.79. The van der Waals surface area contributed by atoms with Crippen LogP contribution < -0.4 is 19.7 Å². The van der Waals surface area contributed by atoms with E-state index in [0.717, 1.165) is 0 Å². The molecule has 2 amide bonds. The largest absolute Gasteiger partial charge is 0.493 e. The first-order valence-corrected chi connectivity index (χ1v) is 12.5. The number of alkyl halides is 6. The number of benzene rings is 2. The summed E-state index contributed by atoms with van der Waals surface area (Å²) in [5.74, 6) is 0.645. The van der Waals surface area contributed by atoms with Crippen molar-refractivity contribution >= 4 is 17.9 Å². The number of carbonyl (C=O) groups excluding carboxylic acids is 2. The molecule has 0 saturated heterocycles. The van der Waals surface area contributed by atoms with Crippen LogP contribution in [0, 0.1) is 0 Å². The number of methoxy groups -OCH3 is 2. The van der Waals surface area contributed by atoms with Crippen LogP contribution in [0.5, 0.6) is 11.5 Å². The predicted octanol–water partition coefficient (Wildman–Crippen LogP) is 6.90. The number of alkyl carbamates (subject to hydrolysis) is 1. The number of amides is 2. The number of halogens is 6. The van der Waals surface area contributed by atoms with Gasteiger partial charge in [0.25, 0.3) is 0 Å². The molecular formula is C27H30F6N2O6. The molecule has 0 fully saturated rings. The second-order valence-corrected chi connectivity index (χ2v) is 9.65. The van der Waals surface area contributed by atoms with Crippen molar-refractivity contribution in [3.63, 3.8) is 0 Å². The van der Waals surface area contributed by atoms with Crippen LogP contribution in [0.3, 0.4) is 0 Å². The average Bonchev–Trinajstić information content (AvgIpc) is 2.86. The predicted molar refractivity (Wildman–Crippen MR) is 135 cm³/mol. The number of anilines is 1. The number of nitrogens with one attached hydrogen (secondary N) is 1. The van der Waals surface area contributed by atoms with E-state index in [2.05, 4.69) is 5.32 Å². The van der Waals surface area contributed by atoms with Crippen LogP contribution in [-0.4, -0.2) is 45.2 Å². The lowest BCUT2D eigenvalue weighted by molar-refractivity contribution is -0.143. The summed E-state index contributed by atoms with van der Waals surface area (Å²) in [7, 11) is 2.83. The molecule has 226 valence electrons. The maximum Gasteiger partial charge on any atom is 0.416 e. The minimum Gasteiger partial charge on any atom is -0.493 e. The van der Waals surface area contributed by atoms with E-state index in [-0.39, 0.29) is 18.1 Å². The zero-order valence-electron chi connectivity index (χ0n) is 22.9. The van der Waals surface area contributed by atoms with Crippen molar-refractivity contribution in [3.8, 4) is 11.5 Å². The lowest BCUT2D eigenvalue weighted by Gasteiger charge is -2.39. The van der Waals surface area contributed by atoms with Crippen molar-refractivity contribution in [1.29, 1.82) is 0 Å². The number of hydrogen-bond donors (Lipinski definition) is 1. The van der Waals surface area contributed by atoms with Crippen LogP contribution in [0.15, 0.2) is 30.3 Å². The van der Waals surface area contributed by atoms with E-state index in [9.17, 15) is 35.9 Å². The number of carbonyl (C=O) groups is 2. The van der Waals surface area contributed by atoms with Crippen LogP contribution in [-0.2, 0) is 28.2 Å². The van der Waals surface area contributed by atoms with Gasteiger partial charge in [0, 0.05) is 24.1 Å². The molecule has 1 aliphatic rings. The van der Waals surface area contributed by atoms with E-state index in [1.54, 1.807) is 32.9 Å². The van der Waals surface area contributed by atoms with Gasteiger partial charge in [0.2, 0.25) is 0 Å². The first-order valence-electron chi connectivity index (χ1n) is 12.5. The van der Waals surface area contributed by atoms with Gasteiger partial charge in [0.1, 0.15) is 0 Å². The summed E-state index contributed by atoms with van der Waals surface area (Å²) >= 11 is 0. The van der Waals surface area contributed by atoms with Crippen molar-refractivity contribution in [3.05, 3.63) is 52.6 Å². The molecule has 3 rings (SSSR count). The summed E-state index contributed by atoms with van der Waals surface area (Å²) in [5, 5.41) is 2.66. The number of fused-ring (bicyclic) bond motifs is 1. The van der Waals surface area contributed by atoms with Crippen LogP contribution >= 0.6 is 0 Å². The molecule has 41 heavy (non-hydrogen) atoms. The second kappa shape index (κ2) is 12.4. The quantitative estimate of drug-likeness (QED) is 0.353. The van der Waals surface area contributed by atoms with Crippen LogP contribution in [0.2, 0.25) is 0 Å². The minimum absolute atomic E-state index is 0.0300. The van der Waals surface area contributed by atoms with E-state index in [1.165, 1.54) is 19.1 Å². The standard InChI is InChI=1S/C27H30F6N2O6/c1-14(2)41-25(37)35-15(3)8-20(19-12-22(38-4)23(39-5)13-21(19)35)34-24(36)40-7-6-16-9-17(26(28,29)30)11-18(10-16)27(31,32)33/h9-15,20H,6-8H2,1-5H3,(H,34,36)/t15-,20+/m1/s1. The SMILES string of the molecule is COc1cc2c(cc1OC)N(C(=O)OC(C)C)[C@H](C)C[C@@H]2NC(=O)OCCc1cc(C(F)(F)F)cc(C(F)(F)F)c1. The molecular weight excluding hydrogens is 562 g/mol. The van der Waals surface area contributed by atoms with Crippen molar-refractivity contribution in [2.45, 2.75) is 64.2 Å². The fourth-order valence-electron chi connectivity index (χ4n) is 4.47. The van der Waals surface area contributed by atoms with Gasteiger partial charge < -0.3 is 24.3 Å². The van der Waals surface area contributed by atoms with Crippen molar-refractivity contribution in [2.75, 3.05) is 25.7 Å². The number of ether oxygens (including phenoxy) is 4. The van der Waals surface area contributed by atoms with Crippen molar-refractivity contribution in [2.24, 2.45) is 0 Å². The summed E-state index contributed by atoms with van der Waals surface area (Å²) in [6.07, 6.45) is -12.1. The highest BCUT2D eigenvalue weighted by molar-refractivity contribution is 5.91. The molecule has 8 nitrogen and oxygen atoms in total. The first-order chi connectivity index (χ1) is 19.0. The molecule has 2 aromatic rings. The highest BCUT2D eigenvalue weighted by Crippen LogP contribution is 2.44. The van der Waals surface area contributed by atoms with Gasteiger partial charge in [-0.05, 0) is 57.0 Å². The second-order valence-electron chi connectivity index (χ2n) is 9.65. The number of hydrogen-bond acceptors (Lipinski definition) is 6. The van der Waals surface area contributed by atoms with Gasteiger partial charge in [0.15, 0.2) is 11.5 Å². The Morgan fingerprint density at radius 1 is 0.951 bits per heavy atom. The smallest absolute Gasteiger partial charge is 0.416 e. The monoisotopic (exact) mass is 592 g/mol. The Hall–Kier alpha value is -3.84. The lowest BCUT2D eigenvalue weighted by Crippen LogP contribution is -2.47.